The van der Waals surface area contributed by atoms with Crippen LogP contribution in [0.1, 0.15) is 36.6 Å². The average Bonchev–Trinajstić information content (AvgIpc) is 2.78. The Kier molecular flexibility index (Phi) is 3.54. The van der Waals surface area contributed by atoms with Gasteiger partial charge in [-0.15, -0.1) is 0 Å². The average molecular weight is 323 g/mol. The fourth-order valence-corrected chi connectivity index (χ4v) is 3.57. The maximum Gasteiger partial charge on any atom is 0.119 e. The van der Waals surface area contributed by atoms with Gasteiger partial charge in [-0.05, 0) is 59.9 Å². The van der Waals surface area contributed by atoms with Crippen LogP contribution in [0.3, 0.4) is 0 Å². The quantitative estimate of drug-likeness (QED) is 0.874. The smallest absolute Gasteiger partial charge is 0.119 e. The van der Waals surface area contributed by atoms with E-state index in [1.54, 1.807) is 7.11 Å². The molecule has 1 aromatic carbocycles. The Labute approximate surface area is 121 Å². The summed E-state index contributed by atoms with van der Waals surface area (Å²) in [5, 5.41) is 4.80. The zero-order valence-corrected chi connectivity index (χ0v) is 12.9. The van der Waals surface area contributed by atoms with Gasteiger partial charge in [0.1, 0.15) is 5.75 Å². The minimum Gasteiger partial charge on any atom is -0.497 e. The molecule has 102 valence electrons. The normalized spacial score (nSPS) is 19.8. The minimum absolute atomic E-state index is 0.431. The molecule has 2 N–H and O–H groups in total. The van der Waals surface area contributed by atoms with Crippen LogP contribution >= 0.6 is 15.9 Å². The van der Waals surface area contributed by atoms with Crippen LogP contribution in [0.5, 0.6) is 5.75 Å². The highest BCUT2D eigenvalue weighted by Gasteiger charge is 2.21. The number of halogens is 1. The van der Waals surface area contributed by atoms with Gasteiger partial charge in [0.25, 0.3) is 0 Å². The first-order chi connectivity index (χ1) is 9.20. The lowest BCUT2D eigenvalue weighted by molar-refractivity contribution is 0.406. The van der Waals surface area contributed by atoms with Crippen molar-refractivity contribution < 1.29 is 4.74 Å². The van der Waals surface area contributed by atoms with Crippen molar-refractivity contribution in [1.29, 1.82) is 0 Å². The lowest BCUT2D eigenvalue weighted by atomic mass is 10.0. The molecule has 19 heavy (non-hydrogen) atoms. The lowest BCUT2D eigenvalue weighted by Gasteiger charge is -2.23. The molecule has 3 rings (SSSR count). The van der Waals surface area contributed by atoms with E-state index < -0.39 is 0 Å². The molecule has 1 saturated heterocycles. The van der Waals surface area contributed by atoms with E-state index >= 15 is 0 Å². The maximum atomic E-state index is 5.36. The third-order valence-electron chi connectivity index (χ3n) is 3.94. The zero-order valence-electron chi connectivity index (χ0n) is 11.3. The van der Waals surface area contributed by atoms with Gasteiger partial charge in [0.15, 0.2) is 0 Å². The van der Waals surface area contributed by atoms with Crippen LogP contribution in [0.2, 0.25) is 0 Å². The number of H-pyrrole nitrogens is 1. The number of piperidine rings is 1. The van der Waals surface area contributed by atoms with Crippen molar-refractivity contribution in [2.45, 2.75) is 32.2 Å². The number of fused-ring (bicyclic) bond motifs is 1. The van der Waals surface area contributed by atoms with Crippen molar-refractivity contribution in [3.8, 4) is 5.75 Å². The molecule has 2 heterocycles. The standard InChI is InChI=1S/C15H19BrN2O/c1-9-7-10(19-2)8-11-13(16)15(18-14(9)11)12-5-3-4-6-17-12/h7-8,12,17-18H,3-6H2,1-2H3. The molecule has 1 aromatic heterocycles. The second kappa shape index (κ2) is 5.17. The summed E-state index contributed by atoms with van der Waals surface area (Å²) in [4.78, 5) is 3.59. The molecule has 1 aliphatic rings. The van der Waals surface area contributed by atoms with Gasteiger partial charge in [-0.1, -0.05) is 6.42 Å². The molecule has 3 nitrogen and oxygen atoms in total. The molecule has 0 saturated carbocycles. The highest BCUT2D eigenvalue weighted by atomic mass is 79.9. The molecular formula is C15H19BrN2O. The predicted octanol–water partition coefficient (Wildman–Crippen LogP) is 4.06. The number of aryl methyl sites for hydroxylation is 1. The summed E-state index contributed by atoms with van der Waals surface area (Å²) in [6.07, 6.45) is 3.77. The van der Waals surface area contributed by atoms with Gasteiger partial charge in [-0.3, -0.25) is 0 Å². The zero-order chi connectivity index (χ0) is 13.4. The van der Waals surface area contributed by atoms with Gasteiger partial charge in [-0.25, -0.2) is 0 Å². The molecule has 2 aromatic rings. The van der Waals surface area contributed by atoms with Crippen molar-refractivity contribution in [3.63, 3.8) is 0 Å². The number of nitrogens with one attached hydrogen (secondary N) is 2. The van der Waals surface area contributed by atoms with Crippen LogP contribution < -0.4 is 10.1 Å². The number of hydrogen-bond donors (Lipinski definition) is 2. The van der Waals surface area contributed by atoms with E-state index in [9.17, 15) is 0 Å². The molecule has 0 spiro atoms. The fraction of sp³-hybridized carbons (Fsp3) is 0.467. The maximum absolute atomic E-state index is 5.36. The third kappa shape index (κ3) is 2.28. The number of methoxy groups -OCH3 is 1. The van der Waals surface area contributed by atoms with Crippen LogP contribution in [0.4, 0.5) is 0 Å². The summed E-state index contributed by atoms with van der Waals surface area (Å²) in [6, 6.07) is 4.60. The van der Waals surface area contributed by atoms with E-state index in [-0.39, 0.29) is 0 Å². The van der Waals surface area contributed by atoms with Gasteiger partial charge in [0, 0.05) is 21.6 Å². The van der Waals surface area contributed by atoms with Crippen LogP contribution in [0, 0.1) is 6.92 Å². The van der Waals surface area contributed by atoms with Gasteiger partial charge in [-0.2, -0.15) is 0 Å². The Hall–Kier alpha value is -1.00. The third-order valence-corrected chi connectivity index (χ3v) is 4.79. The summed E-state index contributed by atoms with van der Waals surface area (Å²) >= 11 is 3.76. The summed E-state index contributed by atoms with van der Waals surface area (Å²) < 4.78 is 6.53. The van der Waals surface area contributed by atoms with E-state index in [0.29, 0.717) is 6.04 Å². The van der Waals surface area contributed by atoms with E-state index in [1.165, 1.54) is 45.9 Å². The lowest BCUT2D eigenvalue weighted by Crippen LogP contribution is -2.27. The van der Waals surface area contributed by atoms with Gasteiger partial charge >= 0.3 is 0 Å². The molecule has 1 atom stereocenters. The highest BCUT2D eigenvalue weighted by Crippen LogP contribution is 2.37. The van der Waals surface area contributed by atoms with Crippen molar-refractivity contribution in [2.75, 3.05) is 13.7 Å². The van der Waals surface area contributed by atoms with Crippen LogP contribution in [-0.4, -0.2) is 18.6 Å². The van der Waals surface area contributed by atoms with Crippen molar-refractivity contribution in [3.05, 3.63) is 27.9 Å². The summed E-state index contributed by atoms with van der Waals surface area (Å²) in [7, 11) is 1.71. The molecule has 0 bridgehead atoms. The second-order valence-electron chi connectivity index (χ2n) is 5.22. The number of rotatable bonds is 2. The summed E-state index contributed by atoms with van der Waals surface area (Å²) in [5.41, 5.74) is 3.69. The Morgan fingerprint density at radius 2 is 2.16 bits per heavy atom. The Morgan fingerprint density at radius 3 is 2.84 bits per heavy atom. The second-order valence-corrected chi connectivity index (χ2v) is 6.02. The van der Waals surface area contributed by atoms with Crippen LogP contribution in [0.25, 0.3) is 10.9 Å². The van der Waals surface area contributed by atoms with E-state index in [4.69, 9.17) is 4.74 Å². The van der Waals surface area contributed by atoms with Crippen molar-refractivity contribution in [1.82, 2.24) is 10.3 Å². The van der Waals surface area contributed by atoms with E-state index in [1.807, 2.05) is 0 Å². The molecule has 0 amide bonds. The number of ether oxygens (including phenoxy) is 1. The Bertz CT molecular complexity index is 600. The van der Waals surface area contributed by atoms with Gasteiger partial charge in [0.05, 0.1) is 12.6 Å². The van der Waals surface area contributed by atoms with Crippen LogP contribution in [-0.2, 0) is 0 Å². The first kappa shape index (κ1) is 13.0. The van der Waals surface area contributed by atoms with Gasteiger partial charge < -0.3 is 15.0 Å². The van der Waals surface area contributed by atoms with Gasteiger partial charge in [0.2, 0.25) is 0 Å². The van der Waals surface area contributed by atoms with E-state index in [2.05, 4.69) is 45.3 Å². The highest BCUT2D eigenvalue weighted by molar-refractivity contribution is 9.10. The largest absolute Gasteiger partial charge is 0.497 e. The van der Waals surface area contributed by atoms with Crippen LogP contribution in [0.15, 0.2) is 16.6 Å². The summed E-state index contributed by atoms with van der Waals surface area (Å²) in [5.74, 6) is 0.910. The molecule has 1 unspecified atom stereocenters. The number of hydrogen-bond acceptors (Lipinski definition) is 2. The number of aromatic nitrogens is 1. The Balaban J connectivity index is 2.11. The molecule has 0 radical (unpaired) electrons. The number of aromatic amines is 1. The molecule has 0 aliphatic carbocycles. The predicted molar refractivity (Wildman–Crippen MR) is 81.9 cm³/mol. The summed E-state index contributed by atoms with van der Waals surface area (Å²) in [6.45, 7) is 3.22. The Morgan fingerprint density at radius 1 is 1.32 bits per heavy atom. The van der Waals surface area contributed by atoms with Crippen molar-refractivity contribution >= 4 is 26.8 Å². The molecule has 4 heteroatoms. The van der Waals surface area contributed by atoms with Crippen molar-refractivity contribution in [2.24, 2.45) is 0 Å². The first-order valence-electron chi connectivity index (χ1n) is 6.80. The molecule has 1 fully saturated rings. The molecular weight excluding hydrogens is 304 g/mol. The topological polar surface area (TPSA) is 37.0 Å². The number of benzene rings is 1. The first-order valence-corrected chi connectivity index (χ1v) is 7.59. The SMILES string of the molecule is COc1cc(C)c2[nH]c(C3CCCCN3)c(Br)c2c1. The van der Waals surface area contributed by atoms with E-state index in [0.717, 1.165) is 12.3 Å². The monoisotopic (exact) mass is 322 g/mol. The molecule has 1 aliphatic heterocycles. The minimum atomic E-state index is 0.431. The fourth-order valence-electron chi connectivity index (χ4n) is 2.88.